The second-order valence-electron chi connectivity index (χ2n) is 2.62. The zero-order valence-corrected chi connectivity index (χ0v) is 6.65. The van der Waals surface area contributed by atoms with Gasteiger partial charge in [-0.1, -0.05) is 0 Å². The summed E-state index contributed by atoms with van der Waals surface area (Å²) < 4.78 is 5.10. The average Bonchev–Trinajstić information content (AvgIpc) is 2.61. The molecule has 0 bridgehead atoms. The summed E-state index contributed by atoms with van der Waals surface area (Å²) in [6.45, 7) is 0. The molecule has 0 atom stereocenters. The fourth-order valence-corrected chi connectivity index (χ4v) is 1.11. The van der Waals surface area contributed by atoms with Crippen LogP contribution in [0.1, 0.15) is 12.2 Å². The van der Waals surface area contributed by atoms with Crippen molar-refractivity contribution in [1.29, 1.82) is 0 Å². The highest BCUT2D eigenvalue weighted by Crippen LogP contribution is 2.13. The molecule has 1 aromatic rings. The van der Waals surface area contributed by atoms with E-state index < -0.39 is 0 Å². The van der Waals surface area contributed by atoms with Crippen LogP contribution in [0.15, 0.2) is 27.9 Å². The number of amides is 1. The molecule has 2 rings (SSSR count). The zero-order valence-electron chi connectivity index (χ0n) is 6.65. The lowest BCUT2D eigenvalue weighted by Gasteiger charge is -1.98. The first-order valence-electron chi connectivity index (χ1n) is 3.65. The van der Waals surface area contributed by atoms with Gasteiger partial charge in [-0.3, -0.25) is 4.79 Å². The third kappa shape index (κ3) is 1.01. The minimum atomic E-state index is 0.00130. The molecule has 0 fully saturated rings. The minimum absolute atomic E-state index is 0.00130. The lowest BCUT2D eigenvalue weighted by atomic mass is 10.2. The summed E-state index contributed by atoms with van der Waals surface area (Å²) in [6, 6.07) is 3.58. The molecule has 0 N–H and O–H groups in total. The normalized spacial score (nSPS) is 16.9. The predicted octanol–water partition coefficient (Wildman–Crippen LogP) is 0.846. The Hall–Kier alpha value is -1.58. The molecule has 1 amide bonds. The molecule has 4 nitrogen and oxygen atoms in total. The molecule has 0 aliphatic carbocycles. The van der Waals surface area contributed by atoms with Gasteiger partial charge in [-0.15, -0.1) is 0 Å². The van der Waals surface area contributed by atoms with Crippen molar-refractivity contribution < 1.29 is 9.21 Å². The lowest BCUT2D eigenvalue weighted by Crippen LogP contribution is -2.14. The quantitative estimate of drug-likeness (QED) is 0.617. The van der Waals surface area contributed by atoms with Crippen molar-refractivity contribution in [2.24, 2.45) is 5.10 Å². The molecule has 62 valence electrons. The van der Waals surface area contributed by atoms with E-state index in [-0.39, 0.29) is 5.91 Å². The van der Waals surface area contributed by atoms with Crippen LogP contribution in [0.5, 0.6) is 0 Å². The summed E-state index contributed by atoms with van der Waals surface area (Å²) in [5.41, 5.74) is 0.701. The Kier molecular flexibility index (Phi) is 1.46. The molecule has 0 aromatic carbocycles. The highest BCUT2D eigenvalue weighted by atomic mass is 16.3. The van der Waals surface area contributed by atoms with Crippen LogP contribution in [0.4, 0.5) is 0 Å². The minimum Gasteiger partial charge on any atom is -0.463 e. The maximum Gasteiger partial charge on any atom is 0.248 e. The number of nitrogens with zero attached hydrogens (tertiary/aromatic N) is 2. The van der Waals surface area contributed by atoms with Gasteiger partial charge in [-0.25, -0.2) is 5.01 Å². The van der Waals surface area contributed by atoms with Gasteiger partial charge in [0.25, 0.3) is 0 Å². The average molecular weight is 164 g/mol. The summed E-state index contributed by atoms with van der Waals surface area (Å²) in [6.07, 6.45) is 1.91. The number of rotatable bonds is 1. The number of carbonyl (C=O) groups is 1. The van der Waals surface area contributed by atoms with E-state index in [4.69, 9.17) is 4.42 Å². The van der Waals surface area contributed by atoms with E-state index >= 15 is 0 Å². The van der Waals surface area contributed by atoms with Crippen LogP contribution < -0.4 is 0 Å². The van der Waals surface area contributed by atoms with E-state index in [9.17, 15) is 4.79 Å². The largest absolute Gasteiger partial charge is 0.463 e. The van der Waals surface area contributed by atoms with Crippen molar-refractivity contribution in [2.45, 2.75) is 6.42 Å². The van der Waals surface area contributed by atoms with E-state index in [0.29, 0.717) is 17.9 Å². The van der Waals surface area contributed by atoms with Gasteiger partial charge in [0.05, 0.1) is 12.7 Å². The monoisotopic (exact) mass is 164 g/mol. The van der Waals surface area contributed by atoms with Crippen LogP contribution >= 0.6 is 0 Å². The number of hydrogen-bond acceptors (Lipinski definition) is 3. The molecular weight excluding hydrogens is 156 g/mol. The predicted molar refractivity (Wildman–Crippen MR) is 42.6 cm³/mol. The zero-order chi connectivity index (χ0) is 8.55. The molecule has 0 saturated carbocycles. The van der Waals surface area contributed by atoms with Gasteiger partial charge in [-0.05, 0) is 12.1 Å². The van der Waals surface area contributed by atoms with Crippen LogP contribution in [0.2, 0.25) is 0 Å². The number of hydrogen-bond donors (Lipinski definition) is 0. The van der Waals surface area contributed by atoms with Crippen molar-refractivity contribution in [3.05, 3.63) is 24.2 Å². The SMILES string of the molecule is CN1N=C(c2ccco2)CC1=O. The van der Waals surface area contributed by atoms with Gasteiger partial charge in [0.15, 0.2) is 0 Å². The maximum absolute atomic E-state index is 11.0. The van der Waals surface area contributed by atoms with E-state index in [1.807, 2.05) is 0 Å². The third-order valence-electron chi connectivity index (χ3n) is 1.76. The number of hydrazone groups is 1. The third-order valence-corrected chi connectivity index (χ3v) is 1.76. The van der Waals surface area contributed by atoms with Gasteiger partial charge in [0, 0.05) is 7.05 Å². The summed E-state index contributed by atoms with van der Waals surface area (Å²) in [5, 5.41) is 5.35. The van der Waals surface area contributed by atoms with Crippen LogP contribution in [-0.2, 0) is 4.79 Å². The maximum atomic E-state index is 11.0. The molecular formula is C8H8N2O2. The van der Waals surface area contributed by atoms with Crippen LogP contribution in [-0.4, -0.2) is 23.7 Å². The van der Waals surface area contributed by atoms with Gasteiger partial charge < -0.3 is 4.42 Å². The second kappa shape index (κ2) is 2.48. The van der Waals surface area contributed by atoms with Gasteiger partial charge >= 0.3 is 0 Å². The first-order chi connectivity index (χ1) is 5.77. The molecule has 0 radical (unpaired) electrons. The van der Waals surface area contributed by atoms with Gasteiger partial charge in [0.2, 0.25) is 5.91 Å². The van der Waals surface area contributed by atoms with Crippen molar-refractivity contribution in [3.63, 3.8) is 0 Å². The number of carbonyl (C=O) groups excluding carboxylic acids is 1. The second-order valence-corrected chi connectivity index (χ2v) is 2.62. The molecule has 4 heteroatoms. The molecule has 1 aliphatic heterocycles. The smallest absolute Gasteiger partial charge is 0.248 e. The molecule has 1 aliphatic rings. The van der Waals surface area contributed by atoms with Crippen molar-refractivity contribution in [1.82, 2.24) is 5.01 Å². The summed E-state index contributed by atoms with van der Waals surface area (Å²) >= 11 is 0. The van der Waals surface area contributed by atoms with Crippen molar-refractivity contribution in [3.8, 4) is 0 Å². The summed E-state index contributed by atoms with van der Waals surface area (Å²) in [5.74, 6) is 0.675. The molecule has 1 aromatic heterocycles. The summed E-state index contributed by atoms with van der Waals surface area (Å²) in [7, 11) is 1.64. The van der Waals surface area contributed by atoms with Gasteiger partial charge in [0.1, 0.15) is 11.5 Å². The van der Waals surface area contributed by atoms with E-state index in [1.165, 1.54) is 5.01 Å². The Morgan fingerprint density at radius 3 is 3.00 bits per heavy atom. The Labute approximate surface area is 69.5 Å². The van der Waals surface area contributed by atoms with E-state index in [1.54, 1.807) is 25.4 Å². The van der Waals surface area contributed by atoms with Crippen molar-refractivity contribution in [2.75, 3.05) is 7.05 Å². The van der Waals surface area contributed by atoms with Crippen molar-refractivity contribution >= 4 is 11.6 Å². The molecule has 0 unspecified atom stereocenters. The van der Waals surface area contributed by atoms with Crippen LogP contribution in [0.3, 0.4) is 0 Å². The first-order valence-corrected chi connectivity index (χ1v) is 3.65. The Morgan fingerprint density at radius 2 is 2.50 bits per heavy atom. The first kappa shape index (κ1) is 7.09. The molecule has 12 heavy (non-hydrogen) atoms. The van der Waals surface area contributed by atoms with E-state index in [0.717, 1.165) is 0 Å². The summed E-state index contributed by atoms with van der Waals surface area (Å²) in [4.78, 5) is 11.0. The Balaban J connectivity index is 2.28. The van der Waals surface area contributed by atoms with Gasteiger partial charge in [-0.2, -0.15) is 5.10 Å². The standard InChI is InChI=1S/C8H8N2O2/c1-10-8(11)5-6(9-10)7-3-2-4-12-7/h2-4H,5H2,1H3. The topological polar surface area (TPSA) is 45.8 Å². The highest BCUT2D eigenvalue weighted by Gasteiger charge is 2.22. The molecule has 0 saturated heterocycles. The van der Waals surface area contributed by atoms with Crippen LogP contribution in [0.25, 0.3) is 0 Å². The lowest BCUT2D eigenvalue weighted by molar-refractivity contribution is -0.127. The number of furan rings is 1. The fourth-order valence-electron chi connectivity index (χ4n) is 1.11. The Morgan fingerprint density at radius 1 is 1.67 bits per heavy atom. The fraction of sp³-hybridized carbons (Fsp3) is 0.250. The molecule has 0 spiro atoms. The van der Waals surface area contributed by atoms with Crippen LogP contribution in [0, 0.1) is 0 Å². The molecule has 2 heterocycles. The van der Waals surface area contributed by atoms with E-state index in [2.05, 4.69) is 5.10 Å². The Bertz CT molecular complexity index is 327. The highest BCUT2D eigenvalue weighted by molar-refractivity contribution is 6.12.